The largest absolute Gasteiger partial charge is 0.342 e. The molecule has 2 amide bonds. The fourth-order valence-electron chi connectivity index (χ4n) is 2.90. The van der Waals surface area contributed by atoms with Crippen molar-refractivity contribution in [2.75, 3.05) is 18.4 Å². The zero-order chi connectivity index (χ0) is 17.8. The van der Waals surface area contributed by atoms with Crippen molar-refractivity contribution in [1.29, 1.82) is 0 Å². The maximum absolute atomic E-state index is 12.5. The van der Waals surface area contributed by atoms with Crippen LogP contribution >= 0.6 is 31.9 Å². The van der Waals surface area contributed by atoms with Gasteiger partial charge in [-0.25, -0.2) is 0 Å². The number of hydrogen-bond donors (Lipinski definition) is 1. The Balaban J connectivity index is 1.58. The fraction of sp³-hybridized carbons (Fsp3) is 0.263. The number of nitrogens with one attached hydrogen (secondary N) is 1. The van der Waals surface area contributed by atoms with E-state index in [1.807, 2.05) is 36.4 Å². The van der Waals surface area contributed by atoms with Gasteiger partial charge < -0.3 is 10.2 Å². The molecule has 130 valence electrons. The van der Waals surface area contributed by atoms with E-state index in [2.05, 4.69) is 49.3 Å². The maximum atomic E-state index is 12.5. The van der Waals surface area contributed by atoms with Crippen molar-refractivity contribution in [3.63, 3.8) is 0 Å². The summed E-state index contributed by atoms with van der Waals surface area (Å²) in [5.41, 5.74) is 1.90. The molecule has 25 heavy (non-hydrogen) atoms. The van der Waals surface area contributed by atoms with Crippen LogP contribution in [0.1, 0.15) is 12.0 Å². The molecule has 0 saturated carbocycles. The van der Waals surface area contributed by atoms with E-state index in [4.69, 9.17) is 0 Å². The van der Waals surface area contributed by atoms with E-state index in [1.54, 1.807) is 4.90 Å². The highest BCUT2D eigenvalue weighted by Gasteiger charge is 2.34. The molecule has 0 aliphatic carbocycles. The minimum Gasteiger partial charge on any atom is -0.342 e. The Morgan fingerprint density at radius 1 is 1.16 bits per heavy atom. The van der Waals surface area contributed by atoms with Gasteiger partial charge in [-0.15, -0.1) is 0 Å². The van der Waals surface area contributed by atoms with Gasteiger partial charge in [0.15, 0.2) is 0 Å². The van der Waals surface area contributed by atoms with Crippen LogP contribution < -0.4 is 5.32 Å². The number of nitrogens with zero attached hydrogens (tertiary/aromatic N) is 1. The number of hydrogen-bond acceptors (Lipinski definition) is 2. The molecule has 0 radical (unpaired) electrons. The Labute approximate surface area is 163 Å². The van der Waals surface area contributed by atoms with E-state index in [-0.39, 0.29) is 24.2 Å². The number of carbonyl (C=O) groups excluding carboxylic acids is 2. The van der Waals surface area contributed by atoms with E-state index >= 15 is 0 Å². The highest BCUT2D eigenvalue weighted by molar-refractivity contribution is 9.11. The van der Waals surface area contributed by atoms with Crippen molar-refractivity contribution < 1.29 is 9.59 Å². The van der Waals surface area contributed by atoms with Crippen molar-refractivity contribution in [2.24, 2.45) is 5.92 Å². The molecule has 2 aromatic rings. The van der Waals surface area contributed by atoms with Crippen LogP contribution in [0.4, 0.5) is 5.69 Å². The SMILES string of the molecule is O=C(Nc1cc(Br)ccc1Br)[C@H]1CC(=O)N(CCc2ccccc2)C1. The zero-order valence-electron chi connectivity index (χ0n) is 13.5. The molecule has 0 bridgehead atoms. The number of anilines is 1. The summed E-state index contributed by atoms with van der Waals surface area (Å²) in [4.78, 5) is 26.5. The highest BCUT2D eigenvalue weighted by Crippen LogP contribution is 2.28. The van der Waals surface area contributed by atoms with E-state index in [1.165, 1.54) is 5.56 Å². The molecule has 1 aliphatic rings. The molecule has 0 unspecified atom stereocenters. The average Bonchev–Trinajstić information content (AvgIpc) is 2.98. The Hall–Kier alpha value is -1.66. The standard InChI is InChI=1S/C19H18Br2N2O2/c20-15-6-7-16(21)17(11-15)22-19(25)14-10-18(24)23(12-14)9-8-13-4-2-1-3-5-13/h1-7,11,14H,8-10,12H2,(H,22,25)/t14-/m0/s1. The summed E-state index contributed by atoms with van der Waals surface area (Å²) in [6.07, 6.45) is 1.07. The van der Waals surface area contributed by atoms with Crippen molar-refractivity contribution >= 4 is 49.4 Å². The number of amides is 2. The van der Waals surface area contributed by atoms with Crippen molar-refractivity contribution in [3.8, 4) is 0 Å². The van der Waals surface area contributed by atoms with Crippen LogP contribution in [0.5, 0.6) is 0 Å². The number of halogens is 2. The number of likely N-dealkylation sites (tertiary alicyclic amines) is 1. The van der Waals surface area contributed by atoms with Gasteiger partial charge in [0.2, 0.25) is 11.8 Å². The normalized spacial score (nSPS) is 17.0. The molecule has 1 heterocycles. The molecule has 3 rings (SSSR count). The van der Waals surface area contributed by atoms with Gasteiger partial charge in [-0.05, 0) is 46.1 Å². The third-order valence-electron chi connectivity index (χ3n) is 4.28. The summed E-state index contributed by atoms with van der Waals surface area (Å²) in [6, 6.07) is 15.7. The van der Waals surface area contributed by atoms with Crippen LogP contribution in [0, 0.1) is 5.92 Å². The molecular formula is C19H18Br2N2O2. The molecule has 1 atom stereocenters. The lowest BCUT2D eigenvalue weighted by molar-refractivity contribution is -0.128. The van der Waals surface area contributed by atoms with Crippen molar-refractivity contribution in [2.45, 2.75) is 12.8 Å². The van der Waals surface area contributed by atoms with Gasteiger partial charge in [0, 0.05) is 28.5 Å². The second kappa shape index (κ2) is 8.15. The zero-order valence-corrected chi connectivity index (χ0v) is 16.7. The Morgan fingerprint density at radius 2 is 1.92 bits per heavy atom. The van der Waals surface area contributed by atoms with Crippen LogP contribution in [0.2, 0.25) is 0 Å². The van der Waals surface area contributed by atoms with Crippen molar-refractivity contribution in [1.82, 2.24) is 4.90 Å². The lowest BCUT2D eigenvalue weighted by Crippen LogP contribution is -2.30. The quantitative estimate of drug-likeness (QED) is 0.717. The number of benzene rings is 2. The van der Waals surface area contributed by atoms with E-state index in [9.17, 15) is 9.59 Å². The molecule has 1 saturated heterocycles. The van der Waals surface area contributed by atoms with Crippen LogP contribution in [-0.2, 0) is 16.0 Å². The van der Waals surface area contributed by atoms with Crippen LogP contribution in [0.15, 0.2) is 57.5 Å². The first-order valence-corrected chi connectivity index (χ1v) is 9.69. The second-order valence-electron chi connectivity index (χ2n) is 6.09. The molecule has 4 nitrogen and oxygen atoms in total. The molecule has 1 N–H and O–H groups in total. The predicted molar refractivity (Wildman–Crippen MR) is 105 cm³/mol. The molecule has 1 fully saturated rings. The van der Waals surface area contributed by atoms with E-state index in [0.717, 1.165) is 15.4 Å². The molecule has 1 aliphatic heterocycles. The van der Waals surface area contributed by atoms with Gasteiger partial charge in [0.05, 0.1) is 11.6 Å². The summed E-state index contributed by atoms with van der Waals surface area (Å²) < 4.78 is 1.70. The minimum absolute atomic E-state index is 0.0457. The molecule has 6 heteroatoms. The Morgan fingerprint density at radius 3 is 2.68 bits per heavy atom. The monoisotopic (exact) mass is 464 g/mol. The molecule has 2 aromatic carbocycles. The van der Waals surface area contributed by atoms with Crippen LogP contribution in [0.3, 0.4) is 0 Å². The van der Waals surface area contributed by atoms with Gasteiger partial charge in [-0.1, -0.05) is 46.3 Å². The maximum Gasteiger partial charge on any atom is 0.229 e. The van der Waals surface area contributed by atoms with Crippen molar-refractivity contribution in [3.05, 3.63) is 63.0 Å². The molecule has 0 spiro atoms. The summed E-state index contributed by atoms with van der Waals surface area (Å²) in [5.74, 6) is -0.382. The fourth-order valence-corrected chi connectivity index (χ4v) is 3.61. The van der Waals surface area contributed by atoms with Gasteiger partial charge in [-0.3, -0.25) is 9.59 Å². The first kappa shape index (κ1) is 18.1. The summed E-state index contributed by atoms with van der Waals surface area (Å²) in [6.45, 7) is 1.12. The lowest BCUT2D eigenvalue weighted by Gasteiger charge is -2.17. The first-order valence-electron chi connectivity index (χ1n) is 8.10. The smallest absolute Gasteiger partial charge is 0.229 e. The lowest BCUT2D eigenvalue weighted by atomic mass is 10.1. The summed E-state index contributed by atoms with van der Waals surface area (Å²) in [7, 11) is 0. The predicted octanol–water partition coefficient (Wildman–Crippen LogP) is 4.24. The molecule has 0 aromatic heterocycles. The third-order valence-corrected chi connectivity index (χ3v) is 5.47. The number of carbonyl (C=O) groups is 2. The van der Waals surface area contributed by atoms with Gasteiger partial charge in [-0.2, -0.15) is 0 Å². The van der Waals surface area contributed by atoms with E-state index in [0.29, 0.717) is 18.8 Å². The summed E-state index contributed by atoms with van der Waals surface area (Å²) in [5, 5.41) is 2.91. The minimum atomic E-state index is -0.311. The third kappa shape index (κ3) is 4.70. The second-order valence-corrected chi connectivity index (χ2v) is 7.86. The highest BCUT2D eigenvalue weighted by atomic mass is 79.9. The number of rotatable bonds is 5. The van der Waals surface area contributed by atoms with Gasteiger partial charge in [0.25, 0.3) is 0 Å². The molecular weight excluding hydrogens is 448 g/mol. The van der Waals surface area contributed by atoms with Crippen LogP contribution in [-0.4, -0.2) is 29.8 Å². The first-order chi connectivity index (χ1) is 12.0. The Bertz CT molecular complexity index is 780. The van der Waals surface area contributed by atoms with E-state index < -0.39 is 0 Å². The van der Waals surface area contributed by atoms with Crippen LogP contribution in [0.25, 0.3) is 0 Å². The Kier molecular flexibility index (Phi) is 5.91. The average molecular weight is 466 g/mol. The summed E-state index contributed by atoms with van der Waals surface area (Å²) >= 11 is 6.83. The van der Waals surface area contributed by atoms with Gasteiger partial charge >= 0.3 is 0 Å². The topological polar surface area (TPSA) is 49.4 Å². The van der Waals surface area contributed by atoms with Gasteiger partial charge in [0.1, 0.15) is 0 Å².